The highest BCUT2D eigenvalue weighted by Crippen LogP contribution is 2.41. The summed E-state index contributed by atoms with van der Waals surface area (Å²) >= 11 is 0. The molecular weight excluding hydrogens is 825 g/mol. The lowest BCUT2D eigenvalue weighted by molar-refractivity contribution is 1.18. The van der Waals surface area contributed by atoms with Crippen LogP contribution in [0.4, 0.5) is 17.1 Å². The second-order valence-corrected chi connectivity index (χ2v) is 21.1. The maximum Gasteiger partial charge on any atom is 0.179 e. The number of para-hydroxylation sites is 2. The summed E-state index contributed by atoms with van der Waals surface area (Å²) in [6.45, 7) is 0. The van der Waals surface area contributed by atoms with Crippen LogP contribution < -0.4 is 25.6 Å². The summed E-state index contributed by atoms with van der Waals surface area (Å²) in [6, 6.07) is 103. The van der Waals surface area contributed by atoms with Gasteiger partial charge >= 0.3 is 0 Å². The molecule has 0 radical (unpaired) electrons. The van der Waals surface area contributed by atoms with Crippen LogP contribution in [0, 0.1) is 0 Å². The van der Waals surface area contributed by atoms with Gasteiger partial charge in [0.25, 0.3) is 0 Å². The van der Waals surface area contributed by atoms with Gasteiger partial charge in [-0.15, -0.1) is 0 Å². The Kier molecular flexibility index (Phi) is 10.2. The first kappa shape index (κ1) is 40.0. The van der Waals surface area contributed by atoms with Gasteiger partial charge in [-0.25, -0.2) is 0 Å². The van der Waals surface area contributed by atoms with Gasteiger partial charge in [-0.3, -0.25) is 0 Å². The van der Waals surface area contributed by atoms with Gasteiger partial charge in [0.15, 0.2) is 8.07 Å². The summed E-state index contributed by atoms with van der Waals surface area (Å²) in [4.78, 5) is 2.43. The van der Waals surface area contributed by atoms with Crippen molar-refractivity contribution in [1.82, 2.24) is 4.57 Å². The second-order valence-electron chi connectivity index (χ2n) is 17.2. The normalized spacial score (nSPS) is 11.6. The molecule has 1 aromatic heterocycles. The molecule has 1 heterocycles. The summed E-state index contributed by atoms with van der Waals surface area (Å²) in [5.74, 6) is 0. The predicted octanol–water partition coefficient (Wildman–Crippen LogP) is 14.1. The van der Waals surface area contributed by atoms with E-state index >= 15 is 0 Å². The lowest BCUT2D eigenvalue weighted by Gasteiger charge is -2.35. The van der Waals surface area contributed by atoms with Gasteiger partial charge < -0.3 is 9.47 Å². The van der Waals surface area contributed by atoms with E-state index in [0.29, 0.717) is 0 Å². The monoisotopic (exact) mass is 870 g/mol. The minimum absolute atomic E-state index is 1.09. The summed E-state index contributed by atoms with van der Waals surface area (Å²) in [6.07, 6.45) is 0. The van der Waals surface area contributed by atoms with E-state index in [2.05, 4.69) is 289 Å². The van der Waals surface area contributed by atoms with Gasteiger partial charge in [-0.1, -0.05) is 218 Å². The molecule has 0 aliphatic carbocycles. The quantitative estimate of drug-likeness (QED) is 0.0982. The van der Waals surface area contributed by atoms with Crippen molar-refractivity contribution in [2.75, 3.05) is 4.90 Å². The molecule has 0 saturated heterocycles. The molecule has 11 aromatic carbocycles. The zero-order chi connectivity index (χ0) is 44.6. The lowest BCUT2D eigenvalue weighted by Crippen LogP contribution is -2.74. The smallest absolute Gasteiger partial charge is 0.179 e. The van der Waals surface area contributed by atoms with E-state index < -0.39 is 8.07 Å². The second kappa shape index (κ2) is 17.1. The first-order chi connectivity index (χ1) is 33.3. The third-order valence-electron chi connectivity index (χ3n) is 13.5. The first-order valence-corrected chi connectivity index (χ1v) is 25.1. The van der Waals surface area contributed by atoms with Crippen LogP contribution in [-0.4, -0.2) is 12.6 Å². The fourth-order valence-corrected chi connectivity index (χ4v) is 15.4. The van der Waals surface area contributed by atoms with Crippen LogP contribution in [0.1, 0.15) is 0 Å². The highest BCUT2D eigenvalue weighted by molar-refractivity contribution is 7.19. The summed E-state index contributed by atoms with van der Waals surface area (Å²) in [7, 11) is -2.81. The molecule has 0 fully saturated rings. The van der Waals surface area contributed by atoms with Gasteiger partial charge in [-0.05, 0) is 114 Å². The van der Waals surface area contributed by atoms with E-state index in [0.717, 1.165) is 22.7 Å². The van der Waals surface area contributed by atoms with Gasteiger partial charge in [0, 0.05) is 33.5 Å². The van der Waals surface area contributed by atoms with Gasteiger partial charge in [-0.2, -0.15) is 0 Å². The van der Waals surface area contributed by atoms with Crippen LogP contribution in [-0.2, 0) is 0 Å². The van der Waals surface area contributed by atoms with Crippen molar-refractivity contribution in [2.45, 2.75) is 0 Å². The highest BCUT2D eigenvalue weighted by Gasteiger charge is 2.41. The van der Waals surface area contributed by atoms with E-state index in [1.807, 2.05) is 0 Å². The average Bonchev–Trinajstić information content (AvgIpc) is 3.75. The average molecular weight is 871 g/mol. The standard InChI is InChI=1S/C64H46N2Si/c1-5-22-50(23-6-1)66-62-36-16-15-33-61(62)64-60(35-19-37-63(64)66)49-40-44-52(45-41-49)65(51-42-38-48(39-43-51)59-34-17-21-47-20-13-14-32-58(47)59)53-24-18-31-57(46-53)67(54-25-7-2-8-26-54,55-27-9-3-10-28-55)56-29-11-4-12-30-56/h1-46H. The van der Waals surface area contributed by atoms with Gasteiger partial charge in [0.2, 0.25) is 0 Å². The highest BCUT2D eigenvalue weighted by atomic mass is 28.3. The predicted molar refractivity (Wildman–Crippen MR) is 287 cm³/mol. The fraction of sp³-hybridized carbons (Fsp3) is 0. The summed E-state index contributed by atoms with van der Waals surface area (Å²) < 4.78 is 2.39. The summed E-state index contributed by atoms with van der Waals surface area (Å²) in [5.41, 5.74) is 11.7. The molecule has 67 heavy (non-hydrogen) atoms. The minimum atomic E-state index is -2.81. The van der Waals surface area contributed by atoms with E-state index in [4.69, 9.17) is 0 Å². The van der Waals surface area contributed by atoms with Crippen molar-refractivity contribution in [3.63, 3.8) is 0 Å². The van der Waals surface area contributed by atoms with Crippen molar-refractivity contribution in [3.8, 4) is 27.9 Å². The maximum atomic E-state index is 2.46. The number of anilines is 3. The molecule has 0 unspecified atom stereocenters. The van der Waals surface area contributed by atoms with Crippen molar-refractivity contribution >= 4 is 78.5 Å². The van der Waals surface area contributed by atoms with Crippen LogP contribution in [0.5, 0.6) is 0 Å². The van der Waals surface area contributed by atoms with Crippen LogP contribution in [0.2, 0.25) is 0 Å². The number of nitrogens with zero attached hydrogens (tertiary/aromatic N) is 2. The molecular formula is C64H46N2Si. The first-order valence-electron chi connectivity index (χ1n) is 23.1. The lowest BCUT2D eigenvalue weighted by atomic mass is 9.98. The van der Waals surface area contributed by atoms with Crippen molar-refractivity contribution in [3.05, 3.63) is 279 Å². The topological polar surface area (TPSA) is 8.17 Å². The van der Waals surface area contributed by atoms with Crippen LogP contribution >= 0.6 is 0 Å². The molecule has 0 saturated carbocycles. The van der Waals surface area contributed by atoms with E-state index in [-0.39, 0.29) is 0 Å². The molecule has 0 N–H and O–H groups in total. The Bertz CT molecular complexity index is 3560. The molecule has 316 valence electrons. The number of fused-ring (bicyclic) bond motifs is 4. The molecule has 0 bridgehead atoms. The molecule has 0 amide bonds. The maximum absolute atomic E-state index is 2.81. The third kappa shape index (κ3) is 6.96. The number of benzene rings is 11. The molecule has 3 heteroatoms. The Balaban J connectivity index is 1.04. The molecule has 0 spiro atoms. The summed E-state index contributed by atoms with van der Waals surface area (Å²) in [5, 5.41) is 10.4. The van der Waals surface area contributed by atoms with Crippen molar-refractivity contribution in [1.29, 1.82) is 0 Å². The number of hydrogen-bond acceptors (Lipinski definition) is 1. The molecule has 12 rings (SSSR count). The Hall–Kier alpha value is -8.50. The zero-order valence-corrected chi connectivity index (χ0v) is 38.0. The fourth-order valence-electron chi connectivity index (χ4n) is 10.6. The van der Waals surface area contributed by atoms with Crippen LogP contribution in [0.3, 0.4) is 0 Å². The Morgan fingerprint density at radius 1 is 0.299 bits per heavy atom. The van der Waals surface area contributed by atoms with E-state index in [9.17, 15) is 0 Å². The van der Waals surface area contributed by atoms with Crippen LogP contribution in [0.25, 0.3) is 60.5 Å². The molecule has 0 atom stereocenters. The van der Waals surface area contributed by atoms with Crippen molar-refractivity contribution in [2.24, 2.45) is 0 Å². The molecule has 0 aliphatic rings. The molecule has 12 aromatic rings. The molecule has 2 nitrogen and oxygen atoms in total. The van der Waals surface area contributed by atoms with Gasteiger partial charge in [0.1, 0.15) is 0 Å². The Labute approximate surface area is 392 Å². The van der Waals surface area contributed by atoms with E-state index in [1.54, 1.807) is 0 Å². The SMILES string of the molecule is c1ccc(-n2c3ccccc3c3c(-c4ccc(N(c5ccc(-c6cccc7ccccc67)cc5)c5cccc([Si](c6ccccc6)(c6ccccc6)c6ccccc6)c5)cc4)cccc32)cc1. The largest absolute Gasteiger partial charge is 0.311 e. The number of rotatable bonds is 10. The molecule has 0 aliphatic heterocycles. The zero-order valence-electron chi connectivity index (χ0n) is 37.0. The number of hydrogen-bond donors (Lipinski definition) is 0. The van der Waals surface area contributed by atoms with Gasteiger partial charge in [0.05, 0.1) is 11.0 Å². The Morgan fingerprint density at radius 2 is 0.746 bits per heavy atom. The Morgan fingerprint density at radius 3 is 1.37 bits per heavy atom. The minimum Gasteiger partial charge on any atom is -0.311 e. The van der Waals surface area contributed by atoms with E-state index in [1.165, 1.54) is 75.6 Å². The van der Waals surface area contributed by atoms with Crippen LogP contribution in [0.15, 0.2) is 279 Å². The van der Waals surface area contributed by atoms with Crippen molar-refractivity contribution < 1.29 is 0 Å². The third-order valence-corrected chi connectivity index (χ3v) is 18.3. The number of aromatic nitrogens is 1.